The van der Waals surface area contributed by atoms with E-state index >= 15 is 0 Å². The number of nitrogens with zero attached hydrogens (tertiary/aromatic N) is 1. The summed E-state index contributed by atoms with van der Waals surface area (Å²) < 4.78 is 2.27. The monoisotopic (exact) mass is 229 g/mol. The first-order chi connectivity index (χ1) is 8.29. The van der Waals surface area contributed by atoms with Crippen LogP contribution in [0.5, 0.6) is 0 Å². The van der Waals surface area contributed by atoms with Gasteiger partial charge in [-0.2, -0.15) is 0 Å². The molecule has 0 aliphatic heterocycles. The van der Waals surface area contributed by atoms with Gasteiger partial charge in [-0.15, -0.1) is 0 Å². The van der Waals surface area contributed by atoms with Crippen LogP contribution in [0.3, 0.4) is 0 Å². The second-order valence-corrected chi connectivity index (χ2v) is 4.90. The van der Waals surface area contributed by atoms with Gasteiger partial charge in [-0.3, -0.25) is 0 Å². The Bertz CT molecular complexity index is 538. The summed E-state index contributed by atoms with van der Waals surface area (Å²) in [6.07, 6.45) is 2.66. The van der Waals surface area contributed by atoms with Crippen LogP contribution in [0.1, 0.15) is 24.1 Å². The standard InChI is InChI=1S/C14H19N3/c1-17-12(9-16-11-5-6-11)7-13-10(8-15)3-2-4-14(13)17/h2-4,7,11,16H,5-6,8-9,15H2,1H3. The zero-order valence-corrected chi connectivity index (χ0v) is 10.2. The number of hydrogen-bond acceptors (Lipinski definition) is 2. The van der Waals surface area contributed by atoms with Gasteiger partial charge >= 0.3 is 0 Å². The molecule has 0 amide bonds. The van der Waals surface area contributed by atoms with Gasteiger partial charge in [0.2, 0.25) is 0 Å². The molecule has 2 aromatic rings. The Morgan fingerprint density at radius 1 is 1.41 bits per heavy atom. The summed E-state index contributed by atoms with van der Waals surface area (Å²) in [5.41, 5.74) is 9.63. The van der Waals surface area contributed by atoms with E-state index in [2.05, 4.69) is 41.2 Å². The molecular formula is C14H19N3. The van der Waals surface area contributed by atoms with Crippen LogP contribution < -0.4 is 11.1 Å². The summed E-state index contributed by atoms with van der Waals surface area (Å²) in [6.45, 7) is 1.57. The Kier molecular flexibility index (Phi) is 2.65. The zero-order valence-electron chi connectivity index (χ0n) is 10.2. The Hall–Kier alpha value is -1.32. The van der Waals surface area contributed by atoms with Crippen LogP contribution in [-0.2, 0) is 20.1 Å². The van der Waals surface area contributed by atoms with E-state index in [4.69, 9.17) is 5.73 Å². The van der Waals surface area contributed by atoms with E-state index in [0.717, 1.165) is 12.6 Å². The fraction of sp³-hybridized carbons (Fsp3) is 0.429. The van der Waals surface area contributed by atoms with Crippen LogP contribution in [0.2, 0.25) is 0 Å². The highest BCUT2D eigenvalue weighted by Crippen LogP contribution is 2.24. The molecule has 0 bridgehead atoms. The minimum absolute atomic E-state index is 0.608. The minimum Gasteiger partial charge on any atom is -0.346 e. The Labute approximate surface area is 102 Å². The average molecular weight is 229 g/mol. The third-order valence-electron chi connectivity index (χ3n) is 3.65. The summed E-state index contributed by atoms with van der Waals surface area (Å²) in [5, 5.41) is 4.86. The molecule has 3 N–H and O–H groups in total. The van der Waals surface area contributed by atoms with Gasteiger partial charge < -0.3 is 15.6 Å². The van der Waals surface area contributed by atoms with Crippen LogP contribution in [-0.4, -0.2) is 10.6 Å². The Balaban J connectivity index is 1.97. The number of fused-ring (bicyclic) bond motifs is 1. The Morgan fingerprint density at radius 2 is 2.24 bits per heavy atom. The van der Waals surface area contributed by atoms with Crippen molar-refractivity contribution in [3.63, 3.8) is 0 Å². The summed E-state index contributed by atoms with van der Waals surface area (Å²) in [6, 6.07) is 9.38. The summed E-state index contributed by atoms with van der Waals surface area (Å²) in [4.78, 5) is 0. The summed E-state index contributed by atoms with van der Waals surface area (Å²) >= 11 is 0. The van der Waals surface area contributed by atoms with Crippen molar-refractivity contribution in [1.82, 2.24) is 9.88 Å². The molecule has 3 heteroatoms. The van der Waals surface area contributed by atoms with Crippen LogP contribution in [0.15, 0.2) is 24.3 Å². The number of hydrogen-bond donors (Lipinski definition) is 2. The van der Waals surface area contributed by atoms with E-state index < -0.39 is 0 Å². The molecule has 0 saturated heterocycles. The SMILES string of the molecule is Cn1c(CNC2CC2)cc2c(CN)cccc21. The van der Waals surface area contributed by atoms with Crippen LogP contribution >= 0.6 is 0 Å². The normalized spacial score (nSPS) is 15.6. The fourth-order valence-electron chi connectivity index (χ4n) is 2.36. The van der Waals surface area contributed by atoms with Gasteiger partial charge in [-0.05, 0) is 30.5 Å². The average Bonchev–Trinajstić information content (AvgIpc) is 3.12. The maximum atomic E-state index is 5.78. The molecule has 1 aromatic heterocycles. The second-order valence-electron chi connectivity index (χ2n) is 4.90. The minimum atomic E-state index is 0.608. The molecule has 90 valence electrons. The van der Waals surface area contributed by atoms with Crippen molar-refractivity contribution in [3.05, 3.63) is 35.5 Å². The van der Waals surface area contributed by atoms with Gasteiger partial charge in [0, 0.05) is 42.8 Å². The van der Waals surface area contributed by atoms with E-state index in [-0.39, 0.29) is 0 Å². The van der Waals surface area contributed by atoms with Crippen molar-refractivity contribution in [2.75, 3.05) is 0 Å². The van der Waals surface area contributed by atoms with E-state index in [9.17, 15) is 0 Å². The van der Waals surface area contributed by atoms with E-state index in [1.165, 1.54) is 35.0 Å². The zero-order chi connectivity index (χ0) is 11.8. The molecule has 1 aliphatic carbocycles. The lowest BCUT2D eigenvalue weighted by molar-refractivity contribution is 0.655. The molecule has 0 atom stereocenters. The lowest BCUT2D eigenvalue weighted by Crippen LogP contribution is -2.17. The van der Waals surface area contributed by atoms with Crippen LogP contribution in [0.4, 0.5) is 0 Å². The first-order valence-electron chi connectivity index (χ1n) is 6.29. The van der Waals surface area contributed by atoms with Crippen molar-refractivity contribution < 1.29 is 0 Å². The maximum absolute atomic E-state index is 5.78. The first kappa shape index (κ1) is 10.8. The largest absolute Gasteiger partial charge is 0.346 e. The van der Waals surface area contributed by atoms with Crippen molar-refractivity contribution in [2.45, 2.75) is 32.0 Å². The molecule has 0 spiro atoms. The molecule has 1 fully saturated rings. The van der Waals surface area contributed by atoms with Crippen molar-refractivity contribution >= 4 is 10.9 Å². The second kappa shape index (κ2) is 4.17. The number of benzene rings is 1. The maximum Gasteiger partial charge on any atom is 0.0483 e. The quantitative estimate of drug-likeness (QED) is 0.840. The summed E-state index contributed by atoms with van der Waals surface area (Å²) in [5.74, 6) is 0. The van der Waals surface area contributed by atoms with Crippen LogP contribution in [0.25, 0.3) is 10.9 Å². The molecule has 1 heterocycles. The number of rotatable bonds is 4. The highest BCUT2D eigenvalue weighted by molar-refractivity contribution is 5.84. The van der Waals surface area contributed by atoms with E-state index in [1.54, 1.807) is 0 Å². The number of nitrogens with one attached hydrogen (secondary N) is 1. The van der Waals surface area contributed by atoms with Crippen molar-refractivity contribution in [1.29, 1.82) is 0 Å². The molecule has 3 nitrogen and oxygen atoms in total. The van der Waals surface area contributed by atoms with E-state index in [1.807, 2.05) is 0 Å². The van der Waals surface area contributed by atoms with Crippen molar-refractivity contribution in [2.24, 2.45) is 12.8 Å². The number of aryl methyl sites for hydroxylation is 1. The van der Waals surface area contributed by atoms with Gasteiger partial charge in [0.05, 0.1) is 0 Å². The number of aromatic nitrogens is 1. The lowest BCUT2D eigenvalue weighted by Gasteiger charge is -2.05. The topological polar surface area (TPSA) is 43.0 Å². The highest BCUT2D eigenvalue weighted by atomic mass is 15.0. The first-order valence-corrected chi connectivity index (χ1v) is 6.29. The number of nitrogens with two attached hydrogens (primary N) is 1. The van der Waals surface area contributed by atoms with Crippen molar-refractivity contribution in [3.8, 4) is 0 Å². The third-order valence-corrected chi connectivity index (χ3v) is 3.65. The molecule has 0 unspecified atom stereocenters. The third kappa shape index (κ3) is 1.96. The molecule has 1 aromatic carbocycles. The molecule has 1 aliphatic rings. The summed E-state index contributed by atoms with van der Waals surface area (Å²) in [7, 11) is 2.13. The predicted molar refractivity (Wildman–Crippen MR) is 70.7 cm³/mol. The van der Waals surface area contributed by atoms with Gasteiger partial charge in [-0.25, -0.2) is 0 Å². The highest BCUT2D eigenvalue weighted by Gasteiger charge is 2.20. The molecule has 17 heavy (non-hydrogen) atoms. The van der Waals surface area contributed by atoms with Gasteiger partial charge in [0.15, 0.2) is 0 Å². The lowest BCUT2D eigenvalue weighted by atomic mass is 10.1. The van der Waals surface area contributed by atoms with Gasteiger partial charge in [0.25, 0.3) is 0 Å². The van der Waals surface area contributed by atoms with Crippen LogP contribution in [0, 0.1) is 0 Å². The smallest absolute Gasteiger partial charge is 0.0483 e. The van der Waals surface area contributed by atoms with Gasteiger partial charge in [0.1, 0.15) is 0 Å². The predicted octanol–water partition coefficient (Wildman–Crippen LogP) is 1.89. The molecular weight excluding hydrogens is 210 g/mol. The fourth-order valence-corrected chi connectivity index (χ4v) is 2.36. The molecule has 1 saturated carbocycles. The van der Waals surface area contributed by atoms with Gasteiger partial charge in [-0.1, -0.05) is 12.1 Å². The molecule has 0 radical (unpaired) electrons. The molecule has 3 rings (SSSR count). The van der Waals surface area contributed by atoms with E-state index in [0.29, 0.717) is 6.54 Å². The Morgan fingerprint density at radius 3 is 2.94 bits per heavy atom.